The molecule has 0 aliphatic rings. The van der Waals surface area contributed by atoms with E-state index in [-0.39, 0.29) is 11.9 Å². The number of fused-ring (bicyclic) bond motifs is 1. The molecular weight excluding hydrogens is 378 g/mol. The number of aliphatic imine (C=N–C) groups is 1. The zero-order chi connectivity index (χ0) is 21.4. The van der Waals surface area contributed by atoms with Crippen LogP contribution in [0, 0.1) is 25.2 Å². The van der Waals surface area contributed by atoms with Crippen molar-refractivity contribution in [3.8, 4) is 23.2 Å². The minimum atomic E-state index is -0.382. The first-order chi connectivity index (χ1) is 14.4. The van der Waals surface area contributed by atoms with Crippen LogP contribution < -0.4 is 0 Å². The van der Waals surface area contributed by atoms with Gasteiger partial charge in [-0.1, -0.05) is 0 Å². The zero-order valence-corrected chi connectivity index (χ0v) is 17.2. The number of aromatic nitrogens is 5. The lowest BCUT2D eigenvalue weighted by molar-refractivity contribution is 0.457. The van der Waals surface area contributed by atoms with Crippen LogP contribution in [0.5, 0.6) is 5.88 Å². The van der Waals surface area contributed by atoms with Crippen molar-refractivity contribution < 1.29 is 5.11 Å². The number of pyridine rings is 2. The Morgan fingerprint density at radius 3 is 2.83 bits per heavy atom. The first-order valence-electron chi connectivity index (χ1n) is 9.52. The van der Waals surface area contributed by atoms with Gasteiger partial charge in [0.15, 0.2) is 11.7 Å². The highest BCUT2D eigenvalue weighted by molar-refractivity contribution is 6.13. The first-order valence-corrected chi connectivity index (χ1v) is 9.52. The number of hydrogen-bond donors (Lipinski definition) is 2. The summed E-state index contributed by atoms with van der Waals surface area (Å²) in [6, 6.07) is 7.46. The Hall–Kier alpha value is -3.99. The van der Waals surface area contributed by atoms with E-state index in [2.05, 4.69) is 31.1 Å². The average Bonchev–Trinajstić information content (AvgIpc) is 3.25. The van der Waals surface area contributed by atoms with E-state index in [1.807, 2.05) is 39.0 Å². The van der Waals surface area contributed by atoms with Gasteiger partial charge in [-0.3, -0.25) is 14.6 Å². The number of aromatic amines is 1. The fourth-order valence-corrected chi connectivity index (χ4v) is 3.53. The molecule has 4 heterocycles. The topological polar surface area (TPSA) is 116 Å². The molecule has 30 heavy (non-hydrogen) atoms. The molecule has 0 aromatic carbocycles. The van der Waals surface area contributed by atoms with Crippen molar-refractivity contribution in [3.63, 3.8) is 0 Å². The number of aromatic hydroxyl groups is 1. The second-order valence-electron chi connectivity index (χ2n) is 7.25. The molecule has 0 radical (unpaired) electrons. The second-order valence-corrected chi connectivity index (χ2v) is 7.25. The van der Waals surface area contributed by atoms with Crippen molar-refractivity contribution in [2.75, 3.05) is 0 Å². The van der Waals surface area contributed by atoms with Gasteiger partial charge in [0.05, 0.1) is 34.8 Å². The van der Waals surface area contributed by atoms with Gasteiger partial charge in [-0.15, -0.1) is 0 Å². The maximum atomic E-state index is 10.5. The Balaban J connectivity index is 1.81. The van der Waals surface area contributed by atoms with E-state index in [9.17, 15) is 5.11 Å². The molecule has 0 amide bonds. The molecule has 0 aliphatic heterocycles. The molecule has 8 nitrogen and oxygen atoms in total. The van der Waals surface area contributed by atoms with E-state index in [1.165, 1.54) is 0 Å². The highest BCUT2D eigenvalue weighted by Crippen LogP contribution is 2.32. The third kappa shape index (κ3) is 3.31. The third-order valence-corrected chi connectivity index (χ3v) is 5.09. The Morgan fingerprint density at radius 2 is 2.10 bits per heavy atom. The van der Waals surface area contributed by atoms with Crippen LogP contribution in [-0.4, -0.2) is 35.6 Å². The van der Waals surface area contributed by atoms with Crippen molar-refractivity contribution in [1.29, 1.82) is 5.26 Å². The van der Waals surface area contributed by atoms with Gasteiger partial charge in [-0.05, 0) is 45.4 Å². The molecule has 0 saturated carbocycles. The minimum absolute atomic E-state index is 0.0228. The summed E-state index contributed by atoms with van der Waals surface area (Å²) in [5, 5.41) is 24.9. The van der Waals surface area contributed by atoms with Gasteiger partial charge >= 0.3 is 0 Å². The van der Waals surface area contributed by atoms with Crippen molar-refractivity contribution in [2.45, 2.75) is 33.7 Å². The lowest BCUT2D eigenvalue weighted by Crippen LogP contribution is -2.06. The largest absolute Gasteiger partial charge is 0.494 e. The van der Waals surface area contributed by atoms with Crippen LogP contribution in [0.2, 0.25) is 0 Å². The quantitative estimate of drug-likeness (QED) is 0.494. The summed E-state index contributed by atoms with van der Waals surface area (Å²) in [7, 11) is 0. The SMILES string of the molecule is CC(=Nc1cc(C)n([C@H](C)C#N)n1)c1c(O)[nH]c2cnc(-c3cnccc3C)cc12. The number of rotatable bonds is 4. The molecule has 0 saturated heterocycles. The summed E-state index contributed by atoms with van der Waals surface area (Å²) in [5.74, 6) is 0.507. The molecular formula is C22H21N7O. The monoisotopic (exact) mass is 399 g/mol. The number of H-pyrrole nitrogens is 1. The van der Waals surface area contributed by atoms with Crippen LogP contribution in [0.3, 0.4) is 0 Å². The lowest BCUT2D eigenvalue weighted by atomic mass is 10.0. The molecule has 2 N–H and O–H groups in total. The summed E-state index contributed by atoms with van der Waals surface area (Å²) >= 11 is 0. The molecule has 4 rings (SSSR count). The normalized spacial score (nSPS) is 12.8. The first kappa shape index (κ1) is 19.3. The van der Waals surface area contributed by atoms with Crippen LogP contribution in [0.4, 0.5) is 5.82 Å². The van der Waals surface area contributed by atoms with Gasteiger partial charge < -0.3 is 10.1 Å². The number of hydrogen-bond acceptors (Lipinski definition) is 6. The van der Waals surface area contributed by atoms with Gasteiger partial charge in [-0.2, -0.15) is 10.4 Å². The summed E-state index contributed by atoms with van der Waals surface area (Å²) in [5.41, 5.74) is 5.52. The maximum absolute atomic E-state index is 10.5. The molecule has 4 aromatic heterocycles. The summed E-state index contributed by atoms with van der Waals surface area (Å²) < 4.78 is 1.63. The van der Waals surface area contributed by atoms with Gasteiger partial charge in [-0.25, -0.2) is 4.99 Å². The average molecular weight is 399 g/mol. The molecule has 8 heteroatoms. The lowest BCUT2D eigenvalue weighted by Gasteiger charge is -2.05. The molecule has 4 aromatic rings. The van der Waals surface area contributed by atoms with Crippen LogP contribution >= 0.6 is 0 Å². The van der Waals surface area contributed by atoms with E-state index in [1.54, 1.807) is 30.2 Å². The van der Waals surface area contributed by atoms with Crippen LogP contribution in [0.15, 0.2) is 41.8 Å². The van der Waals surface area contributed by atoms with Gasteiger partial charge in [0.1, 0.15) is 6.04 Å². The molecule has 0 fully saturated rings. The number of nitrogens with zero attached hydrogens (tertiary/aromatic N) is 6. The Kier molecular flexibility index (Phi) is 4.80. The van der Waals surface area contributed by atoms with E-state index in [0.717, 1.165) is 27.9 Å². The number of nitriles is 1. The van der Waals surface area contributed by atoms with E-state index in [4.69, 9.17) is 5.26 Å². The Morgan fingerprint density at radius 1 is 1.30 bits per heavy atom. The smallest absolute Gasteiger partial charge is 0.198 e. The predicted molar refractivity (Wildman–Crippen MR) is 115 cm³/mol. The zero-order valence-electron chi connectivity index (χ0n) is 17.2. The van der Waals surface area contributed by atoms with Crippen molar-refractivity contribution in [3.05, 3.63) is 53.6 Å². The summed E-state index contributed by atoms with van der Waals surface area (Å²) in [6.45, 7) is 7.49. The van der Waals surface area contributed by atoms with E-state index >= 15 is 0 Å². The molecule has 0 unspecified atom stereocenters. The highest BCUT2D eigenvalue weighted by atomic mass is 16.3. The van der Waals surface area contributed by atoms with E-state index in [0.29, 0.717) is 22.6 Å². The molecule has 1 atom stereocenters. The van der Waals surface area contributed by atoms with Crippen molar-refractivity contribution in [1.82, 2.24) is 24.7 Å². The fraction of sp³-hybridized carbons (Fsp3) is 0.227. The molecule has 0 aliphatic carbocycles. The van der Waals surface area contributed by atoms with Crippen molar-refractivity contribution in [2.24, 2.45) is 4.99 Å². The third-order valence-electron chi connectivity index (χ3n) is 5.09. The minimum Gasteiger partial charge on any atom is -0.494 e. The van der Waals surface area contributed by atoms with Gasteiger partial charge in [0.25, 0.3) is 0 Å². The van der Waals surface area contributed by atoms with Gasteiger partial charge in [0, 0.05) is 35.1 Å². The highest BCUT2D eigenvalue weighted by Gasteiger charge is 2.17. The van der Waals surface area contributed by atoms with Crippen molar-refractivity contribution >= 4 is 22.4 Å². The maximum Gasteiger partial charge on any atom is 0.198 e. The second kappa shape index (κ2) is 7.44. The number of aryl methyl sites for hydroxylation is 2. The van der Waals surface area contributed by atoms with Crippen LogP contribution in [0.25, 0.3) is 22.2 Å². The molecule has 0 bridgehead atoms. The molecule has 150 valence electrons. The molecule has 0 spiro atoms. The standard InChI is InChI=1S/C22H21N7O/c1-12-5-6-24-10-17(12)18-8-16-19(11-25-18)27-22(30)21(16)15(4)26-20-7-13(2)29(28-20)14(3)9-23/h5-8,10-11,14,27,30H,1-4H3/t14-/m1/s1. The van der Waals surface area contributed by atoms with E-state index < -0.39 is 0 Å². The Bertz CT molecular complexity index is 1320. The predicted octanol–water partition coefficient (Wildman–Crippen LogP) is 4.37. The van der Waals surface area contributed by atoms with Crippen LogP contribution in [-0.2, 0) is 0 Å². The van der Waals surface area contributed by atoms with Crippen LogP contribution in [0.1, 0.15) is 36.7 Å². The van der Waals surface area contributed by atoms with Gasteiger partial charge in [0.2, 0.25) is 0 Å². The summed E-state index contributed by atoms with van der Waals surface area (Å²) in [4.78, 5) is 16.3. The number of nitrogens with one attached hydrogen (secondary N) is 1. The summed E-state index contributed by atoms with van der Waals surface area (Å²) in [6.07, 6.45) is 5.22. The Labute approximate surface area is 173 Å². The fourth-order valence-electron chi connectivity index (χ4n) is 3.53.